The smallest absolute Gasteiger partial charge is 0.307 e. The van der Waals surface area contributed by atoms with Crippen LogP contribution in [0.15, 0.2) is 5.51 Å². The fourth-order valence-electron chi connectivity index (χ4n) is 0.888. The molecular weight excluding hydrogens is 218 g/mol. The Labute approximate surface area is 90.3 Å². The fraction of sp³-hybridized carbons (Fsp3) is 0.500. The van der Waals surface area contributed by atoms with E-state index >= 15 is 0 Å². The first-order valence-electron chi connectivity index (χ1n) is 4.32. The lowest BCUT2D eigenvalue weighted by atomic mass is 9.95. The van der Waals surface area contributed by atoms with Crippen molar-refractivity contribution < 1.29 is 14.7 Å². The third kappa shape index (κ3) is 2.98. The van der Waals surface area contributed by atoms with Gasteiger partial charge in [0, 0.05) is 5.92 Å². The van der Waals surface area contributed by atoms with E-state index < -0.39 is 17.8 Å². The number of hydrogen-bond donors (Lipinski definition) is 2. The van der Waals surface area contributed by atoms with Gasteiger partial charge < -0.3 is 10.4 Å². The van der Waals surface area contributed by atoms with Crippen molar-refractivity contribution in [2.75, 3.05) is 5.32 Å². The van der Waals surface area contributed by atoms with Gasteiger partial charge in [0.2, 0.25) is 11.0 Å². The van der Waals surface area contributed by atoms with Crippen molar-refractivity contribution in [3.63, 3.8) is 0 Å². The van der Waals surface area contributed by atoms with Crippen molar-refractivity contribution in [1.82, 2.24) is 10.2 Å². The Morgan fingerprint density at radius 1 is 1.47 bits per heavy atom. The van der Waals surface area contributed by atoms with E-state index in [1.165, 1.54) is 23.8 Å². The summed E-state index contributed by atoms with van der Waals surface area (Å²) in [4.78, 5) is 22.2. The minimum atomic E-state index is -0.991. The third-order valence-electron chi connectivity index (χ3n) is 2.14. The van der Waals surface area contributed by atoms with Gasteiger partial charge in [0.1, 0.15) is 5.51 Å². The van der Waals surface area contributed by atoms with Crippen molar-refractivity contribution >= 4 is 28.3 Å². The van der Waals surface area contributed by atoms with Gasteiger partial charge in [-0.25, -0.2) is 0 Å². The highest BCUT2D eigenvalue weighted by atomic mass is 32.1. The molecule has 0 saturated heterocycles. The first kappa shape index (κ1) is 11.6. The van der Waals surface area contributed by atoms with Gasteiger partial charge in [-0.15, -0.1) is 10.2 Å². The molecule has 6 nitrogen and oxygen atoms in total. The van der Waals surface area contributed by atoms with Crippen molar-refractivity contribution in [3.05, 3.63) is 5.51 Å². The van der Waals surface area contributed by atoms with Crippen LogP contribution in [0.2, 0.25) is 0 Å². The van der Waals surface area contributed by atoms with E-state index in [0.29, 0.717) is 5.13 Å². The summed E-state index contributed by atoms with van der Waals surface area (Å²) < 4.78 is 0. The number of aromatic nitrogens is 2. The number of carboxylic acid groups (broad SMARTS) is 1. The topological polar surface area (TPSA) is 92.2 Å². The summed E-state index contributed by atoms with van der Waals surface area (Å²) in [6.07, 6.45) is 0. The SMILES string of the molecule is CC(C(=O)O)C(C)C(=O)Nc1nncs1. The average Bonchev–Trinajstić information content (AvgIpc) is 2.67. The van der Waals surface area contributed by atoms with Crippen molar-refractivity contribution in [2.24, 2.45) is 11.8 Å². The predicted octanol–water partition coefficient (Wildman–Crippen LogP) is 0.833. The maximum atomic E-state index is 11.5. The number of aliphatic carboxylic acids is 1. The molecule has 0 bridgehead atoms. The van der Waals surface area contributed by atoms with Crippen LogP contribution >= 0.6 is 11.3 Å². The Morgan fingerprint density at radius 2 is 2.13 bits per heavy atom. The molecule has 0 aliphatic rings. The van der Waals surface area contributed by atoms with E-state index in [9.17, 15) is 9.59 Å². The summed E-state index contributed by atoms with van der Waals surface area (Å²) in [5.74, 6) is -2.68. The number of hydrogen-bond acceptors (Lipinski definition) is 5. The van der Waals surface area contributed by atoms with Gasteiger partial charge in [0.25, 0.3) is 0 Å². The molecule has 1 aromatic rings. The lowest BCUT2D eigenvalue weighted by Crippen LogP contribution is -2.29. The highest BCUT2D eigenvalue weighted by Crippen LogP contribution is 2.15. The van der Waals surface area contributed by atoms with Gasteiger partial charge in [0.15, 0.2) is 0 Å². The first-order valence-corrected chi connectivity index (χ1v) is 5.20. The maximum Gasteiger partial charge on any atom is 0.307 e. The molecule has 0 fully saturated rings. The van der Waals surface area contributed by atoms with Crippen molar-refractivity contribution in [3.8, 4) is 0 Å². The van der Waals surface area contributed by atoms with Crippen LogP contribution in [0.25, 0.3) is 0 Å². The summed E-state index contributed by atoms with van der Waals surface area (Å²) in [6.45, 7) is 3.06. The molecule has 0 aliphatic carbocycles. The monoisotopic (exact) mass is 229 g/mol. The Bertz CT molecular complexity index is 352. The number of carboxylic acids is 1. The zero-order chi connectivity index (χ0) is 11.4. The summed E-state index contributed by atoms with van der Waals surface area (Å²) in [7, 11) is 0. The lowest BCUT2D eigenvalue weighted by molar-refractivity contribution is -0.145. The summed E-state index contributed by atoms with van der Waals surface area (Å²) >= 11 is 1.19. The largest absolute Gasteiger partial charge is 0.481 e. The molecule has 0 saturated carbocycles. The molecule has 82 valence electrons. The van der Waals surface area contributed by atoms with E-state index in [1.54, 1.807) is 6.92 Å². The number of nitrogens with one attached hydrogen (secondary N) is 1. The molecule has 0 radical (unpaired) electrons. The number of carbonyl (C=O) groups excluding carboxylic acids is 1. The van der Waals surface area contributed by atoms with Gasteiger partial charge in [-0.2, -0.15) is 0 Å². The van der Waals surface area contributed by atoms with Crippen LogP contribution in [0.4, 0.5) is 5.13 Å². The van der Waals surface area contributed by atoms with Crippen LogP contribution < -0.4 is 5.32 Å². The molecule has 2 atom stereocenters. The van der Waals surface area contributed by atoms with Gasteiger partial charge >= 0.3 is 5.97 Å². The molecule has 2 N–H and O–H groups in total. The quantitative estimate of drug-likeness (QED) is 0.797. The van der Waals surface area contributed by atoms with E-state index in [2.05, 4.69) is 15.5 Å². The van der Waals surface area contributed by atoms with E-state index in [-0.39, 0.29) is 5.91 Å². The number of anilines is 1. The molecule has 15 heavy (non-hydrogen) atoms. The standard InChI is InChI=1S/C8H11N3O3S/c1-4(5(2)7(13)14)6(12)10-8-11-9-3-15-8/h3-5H,1-2H3,(H,13,14)(H,10,11,12). The molecule has 1 aromatic heterocycles. The molecule has 1 heterocycles. The molecular formula is C8H11N3O3S. The summed E-state index contributed by atoms with van der Waals surface area (Å²) in [6, 6.07) is 0. The Balaban J connectivity index is 2.57. The van der Waals surface area contributed by atoms with Gasteiger partial charge in [-0.3, -0.25) is 9.59 Å². The molecule has 1 amide bonds. The Kier molecular flexibility index (Phi) is 3.73. The second-order valence-corrected chi connectivity index (χ2v) is 3.98. The lowest BCUT2D eigenvalue weighted by Gasteiger charge is -2.14. The second-order valence-electron chi connectivity index (χ2n) is 3.15. The van der Waals surface area contributed by atoms with Gasteiger partial charge in [0.05, 0.1) is 5.92 Å². The van der Waals surface area contributed by atoms with Crippen LogP contribution in [0.5, 0.6) is 0 Å². The molecule has 0 aliphatic heterocycles. The zero-order valence-corrected chi connectivity index (χ0v) is 9.11. The van der Waals surface area contributed by atoms with Gasteiger partial charge in [-0.1, -0.05) is 25.2 Å². The minimum Gasteiger partial charge on any atom is -0.481 e. The predicted molar refractivity (Wildman–Crippen MR) is 54.5 cm³/mol. The molecule has 7 heteroatoms. The average molecular weight is 229 g/mol. The Morgan fingerprint density at radius 3 is 2.60 bits per heavy atom. The summed E-state index contributed by atoms with van der Waals surface area (Å²) in [5.41, 5.74) is 1.49. The zero-order valence-electron chi connectivity index (χ0n) is 8.30. The molecule has 2 unspecified atom stereocenters. The maximum absolute atomic E-state index is 11.5. The third-order valence-corrected chi connectivity index (χ3v) is 2.75. The summed E-state index contributed by atoms with van der Waals surface area (Å²) in [5, 5.41) is 18.8. The van der Waals surface area contributed by atoms with Crippen molar-refractivity contribution in [2.45, 2.75) is 13.8 Å². The number of rotatable bonds is 4. The second kappa shape index (κ2) is 4.83. The van der Waals surface area contributed by atoms with Crippen LogP contribution in [-0.2, 0) is 9.59 Å². The Hall–Kier alpha value is -1.50. The number of nitrogens with zero attached hydrogens (tertiary/aromatic N) is 2. The molecule has 1 rings (SSSR count). The minimum absolute atomic E-state index is 0.360. The number of carbonyl (C=O) groups is 2. The first-order chi connectivity index (χ1) is 7.02. The highest BCUT2D eigenvalue weighted by Gasteiger charge is 2.26. The molecule has 0 spiro atoms. The highest BCUT2D eigenvalue weighted by molar-refractivity contribution is 7.13. The fourth-order valence-corrected chi connectivity index (χ4v) is 1.34. The number of amides is 1. The van der Waals surface area contributed by atoms with E-state index in [1.807, 2.05) is 0 Å². The van der Waals surface area contributed by atoms with Crippen LogP contribution in [-0.4, -0.2) is 27.2 Å². The normalized spacial score (nSPS) is 14.3. The van der Waals surface area contributed by atoms with E-state index in [0.717, 1.165) is 0 Å². The van der Waals surface area contributed by atoms with E-state index in [4.69, 9.17) is 5.11 Å². The van der Waals surface area contributed by atoms with Crippen LogP contribution in [0, 0.1) is 11.8 Å². The van der Waals surface area contributed by atoms with Gasteiger partial charge in [-0.05, 0) is 0 Å². The van der Waals surface area contributed by atoms with Crippen molar-refractivity contribution in [1.29, 1.82) is 0 Å². The van der Waals surface area contributed by atoms with Crippen LogP contribution in [0.3, 0.4) is 0 Å². The van der Waals surface area contributed by atoms with Crippen LogP contribution in [0.1, 0.15) is 13.8 Å². The molecule has 0 aromatic carbocycles.